The number of hydrogen-bond acceptors (Lipinski definition) is 3. The van der Waals surface area contributed by atoms with Crippen molar-refractivity contribution in [1.82, 2.24) is 5.48 Å². The van der Waals surface area contributed by atoms with Gasteiger partial charge in [-0.3, -0.25) is 14.8 Å². The molecule has 0 aromatic heterocycles. The SMILES string of the molecule is O=C(NO)c1cccc2c1CC1(CC2)CCN(c2ccc(C(F)(F)F)cc2)C1=O. The zero-order valence-corrected chi connectivity index (χ0v) is 15.4. The molecule has 29 heavy (non-hydrogen) atoms. The van der Waals surface area contributed by atoms with Crippen molar-refractivity contribution in [3.05, 3.63) is 64.7 Å². The van der Waals surface area contributed by atoms with Crippen LogP contribution in [0.4, 0.5) is 18.9 Å². The minimum Gasteiger partial charge on any atom is -0.312 e. The first-order chi connectivity index (χ1) is 13.7. The van der Waals surface area contributed by atoms with Crippen LogP contribution in [-0.2, 0) is 23.8 Å². The standard InChI is InChI=1S/C21H19F3N2O3/c22-21(23,24)14-4-6-15(7-5-14)26-11-10-20(19(26)28)9-8-13-2-1-3-16(17(13)12-20)18(27)25-29/h1-7,29H,8-12H2,(H,25,27). The second-order valence-electron chi connectivity index (χ2n) is 7.59. The molecule has 2 N–H and O–H groups in total. The number of carbonyl (C=O) groups excluding carboxylic acids is 2. The lowest BCUT2D eigenvalue weighted by Gasteiger charge is -2.34. The van der Waals surface area contributed by atoms with E-state index in [4.69, 9.17) is 5.21 Å². The molecule has 1 aliphatic heterocycles. The van der Waals surface area contributed by atoms with E-state index >= 15 is 0 Å². The second kappa shape index (κ2) is 6.88. The Morgan fingerprint density at radius 2 is 1.83 bits per heavy atom. The van der Waals surface area contributed by atoms with Crippen LogP contribution < -0.4 is 10.4 Å². The molecule has 1 saturated heterocycles. The zero-order chi connectivity index (χ0) is 20.8. The van der Waals surface area contributed by atoms with Crippen LogP contribution in [0.15, 0.2) is 42.5 Å². The van der Waals surface area contributed by atoms with E-state index in [9.17, 15) is 22.8 Å². The Morgan fingerprint density at radius 3 is 2.48 bits per heavy atom. The summed E-state index contributed by atoms with van der Waals surface area (Å²) in [5.41, 5.74) is 2.69. The molecular formula is C21H19F3N2O3. The van der Waals surface area contributed by atoms with Crippen LogP contribution in [0.3, 0.4) is 0 Å². The molecule has 2 aromatic carbocycles. The maximum atomic E-state index is 13.3. The van der Waals surface area contributed by atoms with Crippen LogP contribution in [0.2, 0.25) is 0 Å². The molecule has 0 radical (unpaired) electrons. The molecule has 0 saturated carbocycles. The largest absolute Gasteiger partial charge is 0.416 e. The summed E-state index contributed by atoms with van der Waals surface area (Å²) in [6.45, 7) is 0.411. The van der Waals surface area contributed by atoms with Gasteiger partial charge in [0.1, 0.15) is 0 Å². The van der Waals surface area contributed by atoms with E-state index in [1.54, 1.807) is 17.6 Å². The lowest BCUT2D eigenvalue weighted by atomic mass is 9.69. The number of amides is 2. The normalized spacial score (nSPS) is 21.4. The lowest BCUT2D eigenvalue weighted by Crippen LogP contribution is -2.39. The number of alkyl halides is 3. The number of anilines is 1. The quantitative estimate of drug-likeness (QED) is 0.592. The Kier molecular flexibility index (Phi) is 4.61. The van der Waals surface area contributed by atoms with Gasteiger partial charge in [-0.15, -0.1) is 0 Å². The number of nitrogens with zero attached hydrogens (tertiary/aromatic N) is 1. The molecule has 1 aliphatic carbocycles. The zero-order valence-electron chi connectivity index (χ0n) is 15.4. The second-order valence-corrected chi connectivity index (χ2v) is 7.59. The summed E-state index contributed by atoms with van der Waals surface area (Å²) in [5.74, 6) is -0.758. The van der Waals surface area contributed by atoms with Gasteiger partial charge in [-0.05, 0) is 67.1 Å². The molecule has 1 fully saturated rings. The van der Waals surface area contributed by atoms with Gasteiger partial charge >= 0.3 is 6.18 Å². The van der Waals surface area contributed by atoms with Crippen LogP contribution >= 0.6 is 0 Å². The van der Waals surface area contributed by atoms with Crippen LogP contribution in [-0.4, -0.2) is 23.6 Å². The molecule has 1 atom stereocenters. The van der Waals surface area contributed by atoms with Gasteiger partial charge in [-0.2, -0.15) is 13.2 Å². The summed E-state index contributed by atoms with van der Waals surface area (Å²) in [4.78, 5) is 26.8. The maximum absolute atomic E-state index is 13.3. The maximum Gasteiger partial charge on any atom is 0.416 e. The summed E-state index contributed by atoms with van der Waals surface area (Å²) in [6, 6.07) is 9.86. The first kappa shape index (κ1) is 19.4. The molecular weight excluding hydrogens is 385 g/mol. The lowest BCUT2D eigenvalue weighted by molar-refractivity contribution is -0.137. The van der Waals surface area contributed by atoms with E-state index < -0.39 is 23.1 Å². The third kappa shape index (κ3) is 3.27. The van der Waals surface area contributed by atoms with Gasteiger partial charge in [0.25, 0.3) is 5.91 Å². The van der Waals surface area contributed by atoms with Gasteiger partial charge in [0.2, 0.25) is 5.91 Å². The molecule has 0 bridgehead atoms. The van der Waals surface area contributed by atoms with Crippen LogP contribution in [0.25, 0.3) is 0 Å². The fourth-order valence-electron chi connectivity index (χ4n) is 4.44. The van der Waals surface area contributed by atoms with E-state index in [1.807, 2.05) is 6.07 Å². The van der Waals surface area contributed by atoms with Gasteiger partial charge in [0.05, 0.1) is 11.0 Å². The molecule has 1 unspecified atom stereocenters. The Hall–Kier alpha value is -2.87. The number of hydroxylamine groups is 1. The van der Waals surface area contributed by atoms with Gasteiger partial charge in [-0.1, -0.05) is 12.1 Å². The third-order valence-electron chi connectivity index (χ3n) is 6.03. The van der Waals surface area contributed by atoms with Crippen molar-refractivity contribution in [3.8, 4) is 0 Å². The highest BCUT2D eigenvalue weighted by Gasteiger charge is 2.49. The van der Waals surface area contributed by atoms with Crippen LogP contribution in [0.5, 0.6) is 0 Å². The minimum absolute atomic E-state index is 0.137. The highest BCUT2D eigenvalue weighted by atomic mass is 19.4. The van der Waals surface area contributed by atoms with E-state index in [1.165, 1.54) is 17.0 Å². The molecule has 152 valence electrons. The third-order valence-corrected chi connectivity index (χ3v) is 6.03. The Labute approximate surface area is 165 Å². The van der Waals surface area contributed by atoms with Crippen molar-refractivity contribution in [2.24, 2.45) is 5.41 Å². The molecule has 1 heterocycles. The minimum atomic E-state index is -4.43. The van der Waals surface area contributed by atoms with Crippen molar-refractivity contribution >= 4 is 17.5 Å². The number of hydrogen-bond donors (Lipinski definition) is 2. The number of carbonyl (C=O) groups is 2. The van der Waals surface area contributed by atoms with Crippen molar-refractivity contribution in [2.45, 2.75) is 31.9 Å². The Balaban J connectivity index is 1.62. The van der Waals surface area contributed by atoms with Gasteiger partial charge < -0.3 is 4.90 Å². The average molecular weight is 404 g/mol. The van der Waals surface area contributed by atoms with E-state index in [-0.39, 0.29) is 5.91 Å². The number of rotatable bonds is 2. The first-order valence-electron chi connectivity index (χ1n) is 9.30. The molecule has 2 aliphatic rings. The topological polar surface area (TPSA) is 69.6 Å². The smallest absolute Gasteiger partial charge is 0.312 e. The summed E-state index contributed by atoms with van der Waals surface area (Å²) >= 11 is 0. The van der Waals surface area contributed by atoms with Crippen LogP contribution in [0, 0.1) is 5.41 Å². The van der Waals surface area contributed by atoms with Crippen molar-refractivity contribution in [3.63, 3.8) is 0 Å². The number of halogens is 3. The first-order valence-corrected chi connectivity index (χ1v) is 9.30. The van der Waals surface area contributed by atoms with Gasteiger partial charge in [0, 0.05) is 17.8 Å². The van der Waals surface area contributed by atoms with Gasteiger partial charge in [0.15, 0.2) is 0 Å². The van der Waals surface area contributed by atoms with Crippen molar-refractivity contribution in [1.29, 1.82) is 0 Å². The summed E-state index contributed by atoms with van der Waals surface area (Å²) in [6.07, 6.45) is -2.27. The van der Waals surface area contributed by atoms with Crippen molar-refractivity contribution in [2.75, 3.05) is 11.4 Å². The van der Waals surface area contributed by atoms with Crippen LogP contribution in [0.1, 0.15) is 39.9 Å². The average Bonchev–Trinajstić information content (AvgIpc) is 3.02. The van der Waals surface area contributed by atoms with E-state index in [2.05, 4.69) is 0 Å². The summed E-state index contributed by atoms with van der Waals surface area (Å²) in [5, 5.41) is 9.01. The fraction of sp³-hybridized carbons (Fsp3) is 0.333. The van der Waals surface area contributed by atoms with E-state index in [0.29, 0.717) is 43.5 Å². The number of benzene rings is 2. The predicted molar refractivity (Wildman–Crippen MR) is 98.6 cm³/mol. The molecule has 2 amide bonds. The van der Waals surface area contributed by atoms with Gasteiger partial charge in [-0.25, -0.2) is 5.48 Å². The molecule has 5 nitrogen and oxygen atoms in total. The monoisotopic (exact) mass is 404 g/mol. The molecule has 4 rings (SSSR count). The fourth-order valence-corrected chi connectivity index (χ4v) is 4.44. The highest BCUT2D eigenvalue weighted by Crippen LogP contribution is 2.46. The number of nitrogens with one attached hydrogen (secondary N) is 1. The van der Waals surface area contributed by atoms with E-state index in [0.717, 1.165) is 23.3 Å². The predicted octanol–water partition coefficient (Wildman–Crippen LogP) is 3.74. The Bertz CT molecular complexity index is 972. The molecule has 1 spiro atoms. The number of aryl methyl sites for hydroxylation is 1. The summed E-state index contributed by atoms with van der Waals surface area (Å²) < 4.78 is 38.4. The Morgan fingerprint density at radius 1 is 1.10 bits per heavy atom. The highest BCUT2D eigenvalue weighted by molar-refractivity contribution is 6.01. The summed E-state index contributed by atoms with van der Waals surface area (Å²) in [7, 11) is 0. The molecule has 8 heteroatoms. The number of fused-ring (bicyclic) bond motifs is 1. The molecule has 2 aromatic rings. The van der Waals surface area contributed by atoms with Crippen molar-refractivity contribution < 1.29 is 28.0 Å².